The molecule has 1 fully saturated rings. The molecule has 14 heteroatoms. The van der Waals surface area contributed by atoms with Crippen molar-refractivity contribution in [1.29, 1.82) is 0 Å². The van der Waals surface area contributed by atoms with E-state index in [0.29, 0.717) is 0 Å². The molecule has 1 N–H and O–H groups in total. The van der Waals surface area contributed by atoms with Crippen LogP contribution in [0.4, 0.5) is 10.5 Å². The average Bonchev–Trinajstić information content (AvgIpc) is 3.42. The van der Waals surface area contributed by atoms with Crippen LogP contribution < -0.4 is 14.8 Å². The molecule has 1 aliphatic heterocycles. The molecule has 35 heavy (non-hydrogen) atoms. The molecule has 1 aromatic heterocycles. The first kappa shape index (κ1) is 24.8. The molecule has 3 rings (SSSR count). The number of carbonyl (C=O) groups excluding carboxylic acids is 4. The Kier molecular flexibility index (Phi) is 7.34. The van der Waals surface area contributed by atoms with Crippen LogP contribution in [0.1, 0.15) is 21.9 Å². The highest BCUT2D eigenvalue weighted by molar-refractivity contribution is 6.13. The molecule has 0 aliphatic carbocycles. The molecule has 184 valence electrons. The van der Waals surface area contributed by atoms with E-state index in [1.165, 1.54) is 38.5 Å². The van der Waals surface area contributed by atoms with E-state index in [2.05, 4.69) is 14.8 Å². The van der Waals surface area contributed by atoms with Crippen molar-refractivity contribution in [2.75, 3.05) is 27.9 Å². The minimum absolute atomic E-state index is 0.0884. The summed E-state index contributed by atoms with van der Waals surface area (Å²) in [5.41, 5.74) is -0.579. The van der Waals surface area contributed by atoms with Crippen LogP contribution in [0.5, 0.6) is 11.5 Å². The number of benzene rings is 1. The third-order valence-electron chi connectivity index (χ3n) is 4.67. The molecule has 0 saturated carbocycles. The number of nitro groups is 1. The van der Waals surface area contributed by atoms with E-state index in [9.17, 15) is 29.3 Å². The van der Waals surface area contributed by atoms with E-state index in [1.54, 1.807) is 0 Å². The fraction of sp³-hybridized carbons (Fsp3) is 0.238. The predicted octanol–water partition coefficient (Wildman–Crippen LogP) is 1.63. The number of nitrogens with one attached hydrogen (secondary N) is 1. The molecule has 0 radical (unpaired) electrons. The lowest BCUT2D eigenvalue weighted by molar-refractivity contribution is -0.385. The van der Waals surface area contributed by atoms with Crippen LogP contribution in [-0.4, -0.2) is 61.6 Å². The quantitative estimate of drug-likeness (QED) is 0.178. The van der Waals surface area contributed by atoms with Gasteiger partial charge in [-0.15, -0.1) is 0 Å². The van der Waals surface area contributed by atoms with Gasteiger partial charge in [-0.05, 0) is 29.8 Å². The highest BCUT2D eigenvalue weighted by Gasteiger charge is 2.35. The zero-order chi connectivity index (χ0) is 25.7. The van der Waals surface area contributed by atoms with Crippen molar-refractivity contribution in [1.82, 2.24) is 10.2 Å². The second-order valence-electron chi connectivity index (χ2n) is 6.83. The first-order chi connectivity index (χ1) is 16.7. The smallest absolute Gasteiger partial charge is 0.373 e. The number of hydrogen-bond donors (Lipinski definition) is 1. The Balaban J connectivity index is 1.87. The fourth-order valence-electron chi connectivity index (χ4n) is 3.02. The largest absolute Gasteiger partial charge is 0.493 e. The van der Waals surface area contributed by atoms with Gasteiger partial charge in [0.2, 0.25) is 11.5 Å². The Bertz CT molecular complexity index is 1230. The molecule has 0 bridgehead atoms. The summed E-state index contributed by atoms with van der Waals surface area (Å²) in [6.07, 6.45) is 1.21. The van der Waals surface area contributed by atoms with Crippen LogP contribution in [0.25, 0.3) is 6.08 Å². The Morgan fingerprint density at radius 1 is 1.17 bits per heavy atom. The summed E-state index contributed by atoms with van der Waals surface area (Å²) in [6.45, 7) is -0.870. The van der Waals surface area contributed by atoms with E-state index < -0.39 is 41.1 Å². The van der Waals surface area contributed by atoms with E-state index >= 15 is 0 Å². The summed E-state index contributed by atoms with van der Waals surface area (Å²) < 4.78 is 24.6. The molecule has 1 aromatic carbocycles. The van der Waals surface area contributed by atoms with Crippen molar-refractivity contribution >= 4 is 35.6 Å². The van der Waals surface area contributed by atoms with E-state index in [0.717, 1.165) is 18.1 Å². The molecule has 14 nitrogen and oxygen atoms in total. The van der Waals surface area contributed by atoms with Gasteiger partial charge in [-0.3, -0.25) is 19.8 Å². The summed E-state index contributed by atoms with van der Waals surface area (Å²) in [6, 6.07) is 4.39. The molecule has 0 unspecified atom stereocenters. The minimum atomic E-state index is -0.767. The Morgan fingerprint density at radius 3 is 2.54 bits per heavy atom. The Morgan fingerprint density at radius 2 is 1.91 bits per heavy atom. The number of ether oxygens (including phenoxy) is 4. The summed E-state index contributed by atoms with van der Waals surface area (Å²) in [7, 11) is 3.54. The zero-order valence-corrected chi connectivity index (χ0v) is 18.7. The maximum absolute atomic E-state index is 12.8. The van der Waals surface area contributed by atoms with E-state index in [1.807, 2.05) is 0 Å². The molecule has 2 aromatic rings. The first-order valence-electron chi connectivity index (χ1n) is 9.76. The average molecular weight is 489 g/mol. The van der Waals surface area contributed by atoms with Crippen molar-refractivity contribution in [3.63, 3.8) is 0 Å². The molecule has 1 saturated heterocycles. The number of rotatable bonds is 9. The second kappa shape index (κ2) is 10.4. The molecule has 0 atom stereocenters. The molecule has 1 aliphatic rings. The van der Waals surface area contributed by atoms with Gasteiger partial charge in [0.1, 0.15) is 11.5 Å². The number of esters is 2. The van der Waals surface area contributed by atoms with Gasteiger partial charge in [-0.1, -0.05) is 0 Å². The van der Waals surface area contributed by atoms with Crippen LogP contribution in [0, 0.1) is 10.1 Å². The van der Waals surface area contributed by atoms with Gasteiger partial charge in [0.15, 0.2) is 12.4 Å². The third kappa shape index (κ3) is 5.38. The normalized spacial score (nSPS) is 14.0. The molecular formula is C21H19N3O11. The number of nitrogens with zero attached hydrogens (tertiary/aromatic N) is 2. The molecular weight excluding hydrogens is 470 g/mol. The monoisotopic (exact) mass is 489 g/mol. The van der Waals surface area contributed by atoms with Gasteiger partial charge in [0, 0.05) is 6.07 Å². The molecule has 2 heterocycles. The molecule has 0 spiro atoms. The van der Waals surface area contributed by atoms with E-state index in [4.69, 9.17) is 13.9 Å². The number of imide groups is 1. The van der Waals surface area contributed by atoms with Crippen molar-refractivity contribution in [3.8, 4) is 11.5 Å². The van der Waals surface area contributed by atoms with Gasteiger partial charge in [-0.2, -0.15) is 0 Å². The van der Waals surface area contributed by atoms with Crippen molar-refractivity contribution < 1.29 is 47.5 Å². The van der Waals surface area contributed by atoms with Crippen LogP contribution in [0.15, 0.2) is 34.4 Å². The van der Waals surface area contributed by atoms with Crippen LogP contribution in [0.3, 0.4) is 0 Å². The number of nitro benzene ring substituents is 1. The second-order valence-corrected chi connectivity index (χ2v) is 6.83. The highest BCUT2D eigenvalue weighted by atomic mass is 16.6. The maximum Gasteiger partial charge on any atom is 0.373 e. The SMILES string of the molecule is COC(=O)COc1c(OC)cc(C=C2NC(=O)N(Cc3ccc(C(=O)OC)o3)C2=O)cc1[N+](=O)[O-]. The van der Waals surface area contributed by atoms with Gasteiger partial charge < -0.3 is 28.7 Å². The van der Waals surface area contributed by atoms with Crippen molar-refractivity contribution in [3.05, 3.63) is 57.2 Å². The van der Waals surface area contributed by atoms with Gasteiger partial charge >= 0.3 is 23.7 Å². The number of amides is 3. The lowest BCUT2D eigenvalue weighted by Crippen LogP contribution is -2.30. The zero-order valence-electron chi connectivity index (χ0n) is 18.7. The Labute approximate surface area is 197 Å². The number of urea groups is 1. The minimum Gasteiger partial charge on any atom is -0.493 e. The van der Waals surface area contributed by atoms with Gasteiger partial charge in [-0.25, -0.2) is 14.4 Å². The number of hydrogen-bond acceptors (Lipinski definition) is 11. The number of carbonyl (C=O) groups is 4. The fourth-order valence-corrected chi connectivity index (χ4v) is 3.02. The summed E-state index contributed by atoms with van der Waals surface area (Å²) >= 11 is 0. The van der Waals surface area contributed by atoms with Gasteiger partial charge in [0.25, 0.3) is 5.91 Å². The van der Waals surface area contributed by atoms with Crippen molar-refractivity contribution in [2.45, 2.75) is 6.54 Å². The van der Waals surface area contributed by atoms with Crippen LogP contribution in [-0.2, 0) is 25.6 Å². The van der Waals surface area contributed by atoms with Crippen LogP contribution in [0.2, 0.25) is 0 Å². The van der Waals surface area contributed by atoms with Gasteiger partial charge in [0.05, 0.1) is 32.8 Å². The number of methoxy groups -OCH3 is 3. The van der Waals surface area contributed by atoms with Crippen LogP contribution >= 0.6 is 0 Å². The third-order valence-corrected chi connectivity index (χ3v) is 4.67. The lowest BCUT2D eigenvalue weighted by Gasteiger charge is -2.11. The predicted molar refractivity (Wildman–Crippen MR) is 114 cm³/mol. The standard InChI is InChI=1S/C21H19N3O11/c1-31-16-8-11(7-14(24(29)30)18(16)34-10-17(25)32-2)6-13-19(26)23(21(28)22-13)9-12-4-5-15(35-12)20(27)33-3/h4-8H,9-10H2,1-3H3,(H,22,28). The molecule has 3 amide bonds. The summed E-state index contributed by atoms with van der Waals surface area (Å²) in [5, 5.41) is 14.0. The summed E-state index contributed by atoms with van der Waals surface area (Å²) in [4.78, 5) is 59.6. The highest BCUT2D eigenvalue weighted by Crippen LogP contribution is 2.39. The topological polar surface area (TPSA) is 177 Å². The maximum atomic E-state index is 12.8. The summed E-state index contributed by atoms with van der Waals surface area (Å²) in [5.74, 6) is -2.56. The van der Waals surface area contributed by atoms with E-state index in [-0.39, 0.29) is 40.8 Å². The first-order valence-corrected chi connectivity index (χ1v) is 9.76. The lowest BCUT2D eigenvalue weighted by atomic mass is 10.1. The van der Waals surface area contributed by atoms with Crippen molar-refractivity contribution in [2.24, 2.45) is 0 Å². The Hall–Kier alpha value is -4.88. The number of furan rings is 1.